The number of aryl methyl sites for hydroxylation is 2. The minimum atomic E-state index is 0.897. The van der Waals surface area contributed by atoms with Gasteiger partial charge in [0.25, 0.3) is 0 Å². The van der Waals surface area contributed by atoms with E-state index in [0.717, 1.165) is 29.9 Å². The van der Waals surface area contributed by atoms with Crippen molar-refractivity contribution in [3.8, 4) is 11.1 Å². The summed E-state index contributed by atoms with van der Waals surface area (Å²) in [7, 11) is 0. The molecule has 0 amide bonds. The van der Waals surface area contributed by atoms with E-state index in [4.69, 9.17) is 9.98 Å². The average molecular weight is 513 g/mol. The molecule has 0 saturated carbocycles. The van der Waals surface area contributed by atoms with Crippen LogP contribution in [0.1, 0.15) is 64.2 Å². The molecule has 3 heteroatoms. The van der Waals surface area contributed by atoms with E-state index < -0.39 is 0 Å². The van der Waals surface area contributed by atoms with Crippen molar-refractivity contribution < 1.29 is 14.4 Å². The summed E-state index contributed by atoms with van der Waals surface area (Å²) >= 11 is 1.82. The van der Waals surface area contributed by atoms with Crippen LogP contribution in [0.5, 0.6) is 0 Å². The molecule has 0 aliphatic rings. The van der Waals surface area contributed by atoms with Crippen LogP contribution in [-0.2, 0) is 27.3 Å². The Morgan fingerprint density at radius 3 is 2.11 bits per heavy atom. The second-order valence-corrected chi connectivity index (χ2v) is 10.3. The van der Waals surface area contributed by atoms with Crippen LogP contribution in [0.2, 0.25) is 10.8 Å². The zero-order valence-electron chi connectivity index (χ0n) is 22.4. The van der Waals surface area contributed by atoms with E-state index in [0.29, 0.717) is 0 Å². The molecule has 0 aliphatic carbocycles. The molecule has 35 heavy (non-hydrogen) atoms. The van der Waals surface area contributed by atoms with Crippen molar-refractivity contribution in [1.82, 2.24) is 0 Å². The summed E-state index contributed by atoms with van der Waals surface area (Å²) in [5, 5.41) is 2.56. The van der Waals surface area contributed by atoms with Crippen LogP contribution in [0.15, 0.2) is 76.7 Å². The van der Waals surface area contributed by atoms with Crippen LogP contribution in [-0.4, -0.2) is 11.9 Å². The van der Waals surface area contributed by atoms with Crippen LogP contribution >= 0.6 is 0 Å². The van der Waals surface area contributed by atoms with Crippen LogP contribution in [0, 0.1) is 6.92 Å². The van der Waals surface area contributed by atoms with E-state index in [9.17, 15) is 0 Å². The third-order valence-electron chi connectivity index (χ3n) is 5.76. The van der Waals surface area contributed by atoms with Crippen molar-refractivity contribution in [2.45, 2.75) is 78.0 Å². The second-order valence-electron chi connectivity index (χ2n) is 8.38. The van der Waals surface area contributed by atoms with Gasteiger partial charge in [0.05, 0.1) is 17.1 Å². The van der Waals surface area contributed by atoms with Crippen molar-refractivity contribution >= 4 is 23.3 Å². The molecule has 0 atom stereocenters. The summed E-state index contributed by atoms with van der Waals surface area (Å²) in [4.78, 5) is 9.51. The number of hydrogen-bond donors (Lipinski definition) is 0. The normalized spacial score (nSPS) is 11.5. The Labute approximate surface area is 219 Å². The molecule has 190 valence electrons. The molecule has 3 aromatic carbocycles. The zero-order valence-corrected chi connectivity index (χ0v) is 23.4. The number of nitrogens with zero attached hydrogens (tertiary/aromatic N) is 2. The van der Waals surface area contributed by atoms with E-state index in [-0.39, 0.29) is 0 Å². The van der Waals surface area contributed by atoms with Crippen molar-refractivity contribution in [3.05, 3.63) is 83.4 Å². The van der Waals surface area contributed by atoms with Crippen molar-refractivity contribution in [1.29, 1.82) is 0 Å². The number of aliphatic imine (C=N–C) groups is 2. The molecule has 0 fully saturated rings. The van der Waals surface area contributed by atoms with Gasteiger partial charge in [-0.1, -0.05) is 62.7 Å². The molecule has 0 unspecified atom stereocenters. The number of unbranched alkanes of at least 4 members (excludes halogenated alkanes) is 1. The number of rotatable bonds is 10. The summed E-state index contributed by atoms with van der Waals surface area (Å²) in [6, 6.07) is 23.2. The predicted molar refractivity (Wildman–Crippen MR) is 153 cm³/mol. The summed E-state index contributed by atoms with van der Waals surface area (Å²) in [6.45, 7) is 13.1. The molecule has 0 radical (unpaired) electrons. The second kappa shape index (κ2) is 16.2. The minimum absolute atomic E-state index is 0.897. The monoisotopic (exact) mass is 512 g/mol. The van der Waals surface area contributed by atoms with Gasteiger partial charge >= 0.3 is 39.1 Å². The van der Waals surface area contributed by atoms with E-state index >= 15 is 0 Å². The molecular formula is C32H42N2Ni. The average Bonchev–Trinajstić information content (AvgIpc) is 2.89. The van der Waals surface area contributed by atoms with Crippen LogP contribution < -0.4 is 0 Å². The van der Waals surface area contributed by atoms with E-state index in [1.807, 2.05) is 39.7 Å². The zero-order chi connectivity index (χ0) is 25.5. The first kappa shape index (κ1) is 28.7. The molecule has 2 nitrogen and oxygen atoms in total. The topological polar surface area (TPSA) is 24.7 Å². The van der Waals surface area contributed by atoms with Gasteiger partial charge in [-0.2, -0.15) is 0 Å². The van der Waals surface area contributed by atoms with Crippen molar-refractivity contribution in [2.75, 3.05) is 0 Å². The van der Waals surface area contributed by atoms with Gasteiger partial charge in [-0.05, 0) is 85.2 Å². The Bertz CT molecular complexity index is 1080. The molecule has 0 aliphatic heterocycles. The van der Waals surface area contributed by atoms with Crippen molar-refractivity contribution in [3.63, 3.8) is 0 Å². The Balaban J connectivity index is 0.000000784. The van der Waals surface area contributed by atoms with E-state index in [2.05, 4.69) is 89.2 Å². The fourth-order valence-electron chi connectivity index (χ4n) is 3.83. The number of benzene rings is 3. The molecule has 0 spiro atoms. The van der Waals surface area contributed by atoms with E-state index in [1.165, 1.54) is 51.4 Å². The Hall–Kier alpha value is -2.51. The summed E-state index contributed by atoms with van der Waals surface area (Å²) in [6.07, 6.45) is 6.46. The summed E-state index contributed by atoms with van der Waals surface area (Å²) < 4.78 is 0. The fourth-order valence-corrected chi connectivity index (χ4v) is 4.33. The molecular weight excluding hydrogens is 471 g/mol. The maximum absolute atomic E-state index is 4.76. The van der Waals surface area contributed by atoms with Gasteiger partial charge in [-0.3, -0.25) is 9.98 Å². The molecule has 0 saturated heterocycles. The van der Waals surface area contributed by atoms with Crippen LogP contribution in [0.25, 0.3) is 11.1 Å². The van der Waals surface area contributed by atoms with Gasteiger partial charge in [0.2, 0.25) is 0 Å². The molecule has 0 heterocycles. The van der Waals surface area contributed by atoms with Crippen LogP contribution in [0.3, 0.4) is 0 Å². The van der Waals surface area contributed by atoms with E-state index in [1.54, 1.807) is 0 Å². The summed E-state index contributed by atoms with van der Waals surface area (Å²) in [5.74, 6) is 0. The predicted octanol–water partition coefficient (Wildman–Crippen LogP) is 10.0. The van der Waals surface area contributed by atoms with Gasteiger partial charge in [0, 0.05) is 6.21 Å². The first-order chi connectivity index (χ1) is 17.0. The quantitative estimate of drug-likeness (QED) is 0.190. The van der Waals surface area contributed by atoms with Gasteiger partial charge in [0.15, 0.2) is 0 Å². The fraction of sp³-hybridized carbons (Fsp3) is 0.375. The molecule has 0 aromatic heterocycles. The standard InChI is InChI=1S/C28H32N2.2C2H5.Ni/c1-5-7-12-25-18-28(17-23(6-2)22(25)4)29-20-21(3)30-27-16-11-15-26(19-27)24-13-9-8-10-14-24;2*1-2;/h8-11,13-20H,5-7,12H2,1-4H3;2*1H2,2H3;. The molecule has 3 rings (SSSR count). The molecule has 0 N–H and O–H groups in total. The van der Waals surface area contributed by atoms with Gasteiger partial charge < -0.3 is 0 Å². The molecule has 0 bridgehead atoms. The Morgan fingerprint density at radius 1 is 0.800 bits per heavy atom. The first-order valence-electron chi connectivity index (χ1n) is 12.8. The third-order valence-corrected chi connectivity index (χ3v) is 6.75. The van der Waals surface area contributed by atoms with Gasteiger partial charge in [0.1, 0.15) is 0 Å². The van der Waals surface area contributed by atoms with Gasteiger partial charge in [-0.15, -0.1) is 0 Å². The van der Waals surface area contributed by atoms with Gasteiger partial charge in [-0.25, -0.2) is 0 Å². The number of hydrogen-bond acceptors (Lipinski definition) is 2. The first-order valence-corrected chi connectivity index (χ1v) is 14.2. The Morgan fingerprint density at radius 2 is 1.49 bits per heavy atom. The maximum atomic E-state index is 4.76. The Kier molecular flexibility index (Phi) is 13.3. The molecule has 3 aromatic rings. The summed E-state index contributed by atoms with van der Waals surface area (Å²) in [5.41, 5.74) is 9.48. The third kappa shape index (κ3) is 9.94. The SMILES string of the molecule is CCCCc1cc(N=CC(C)=Nc2cccc(-c3ccccc3)c2)cc(CC)c1C.C[CH2][Ni][CH2]C. The van der Waals surface area contributed by atoms with Crippen LogP contribution in [0.4, 0.5) is 11.4 Å². The van der Waals surface area contributed by atoms with Crippen molar-refractivity contribution in [2.24, 2.45) is 9.98 Å².